The van der Waals surface area contributed by atoms with Crippen molar-refractivity contribution in [1.29, 1.82) is 0 Å². The molecule has 0 saturated carbocycles. The van der Waals surface area contributed by atoms with Gasteiger partial charge in [-0.25, -0.2) is 0 Å². The summed E-state index contributed by atoms with van der Waals surface area (Å²) in [4.78, 5) is 0. The standard InChI is InChI=1S/C5H10N2O/c1-4-3-6-5(7-4)8-2/h3,5-7H,1-2H3. The van der Waals surface area contributed by atoms with Crippen LogP contribution in [0, 0.1) is 0 Å². The molecular formula is C5H10N2O. The van der Waals surface area contributed by atoms with Crippen molar-refractivity contribution in [2.45, 2.75) is 13.3 Å². The van der Waals surface area contributed by atoms with Gasteiger partial charge in [-0.1, -0.05) is 0 Å². The van der Waals surface area contributed by atoms with Gasteiger partial charge in [0.1, 0.15) is 0 Å². The van der Waals surface area contributed by atoms with Gasteiger partial charge >= 0.3 is 0 Å². The van der Waals surface area contributed by atoms with E-state index in [1.807, 2.05) is 13.1 Å². The minimum absolute atomic E-state index is 0.0185. The van der Waals surface area contributed by atoms with Crippen LogP contribution in [0.1, 0.15) is 6.92 Å². The van der Waals surface area contributed by atoms with Crippen LogP contribution in [-0.2, 0) is 4.74 Å². The van der Waals surface area contributed by atoms with Gasteiger partial charge in [0.05, 0.1) is 0 Å². The number of ether oxygens (including phenoxy) is 1. The molecule has 0 aromatic rings. The Morgan fingerprint density at radius 1 is 1.75 bits per heavy atom. The van der Waals surface area contributed by atoms with Gasteiger partial charge in [-0.2, -0.15) is 0 Å². The van der Waals surface area contributed by atoms with Crippen LogP contribution in [0.15, 0.2) is 11.9 Å². The molecule has 0 fully saturated rings. The molecule has 3 heteroatoms. The largest absolute Gasteiger partial charge is 0.348 e. The van der Waals surface area contributed by atoms with E-state index in [4.69, 9.17) is 4.74 Å². The van der Waals surface area contributed by atoms with Crippen molar-refractivity contribution >= 4 is 0 Å². The number of methoxy groups -OCH3 is 1. The zero-order valence-electron chi connectivity index (χ0n) is 5.06. The Hall–Kier alpha value is -0.700. The number of hydrogen-bond acceptors (Lipinski definition) is 3. The maximum atomic E-state index is 4.91. The van der Waals surface area contributed by atoms with Crippen molar-refractivity contribution in [3.05, 3.63) is 11.9 Å². The minimum Gasteiger partial charge on any atom is -0.348 e. The molecule has 46 valence electrons. The molecule has 8 heavy (non-hydrogen) atoms. The van der Waals surface area contributed by atoms with Gasteiger partial charge in [-0.3, -0.25) is 0 Å². The molecule has 0 amide bonds. The van der Waals surface area contributed by atoms with Gasteiger partial charge in [0.15, 0.2) is 0 Å². The predicted octanol–water partition coefficient (Wildman–Crippen LogP) is -0.0295. The van der Waals surface area contributed by atoms with E-state index in [2.05, 4.69) is 10.6 Å². The summed E-state index contributed by atoms with van der Waals surface area (Å²) in [5, 5.41) is 5.99. The highest BCUT2D eigenvalue weighted by Crippen LogP contribution is 1.95. The van der Waals surface area contributed by atoms with E-state index in [9.17, 15) is 0 Å². The lowest BCUT2D eigenvalue weighted by Crippen LogP contribution is -2.33. The first-order chi connectivity index (χ1) is 3.83. The zero-order chi connectivity index (χ0) is 5.98. The van der Waals surface area contributed by atoms with Crippen molar-refractivity contribution in [2.75, 3.05) is 7.11 Å². The van der Waals surface area contributed by atoms with E-state index in [1.165, 1.54) is 0 Å². The zero-order valence-corrected chi connectivity index (χ0v) is 5.06. The maximum Gasteiger partial charge on any atom is 0.204 e. The molecule has 0 aromatic carbocycles. The first-order valence-corrected chi connectivity index (χ1v) is 2.55. The highest BCUT2D eigenvalue weighted by atomic mass is 16.5. The molecule has 1 unspecified atom stereocenters. The smallest absolute Gasteiger partial charge is 0.204 e. The van der Waals surface area contributed by atoms with Gasteiger partial charge in [0.2, 0.25) is 6.35 Å². The molecule has 0 bridgehead atoms. The molecule has 0 saturated heterocycles. The molecule has 1 heterocycles. The van der Waals surface area contributed by atoms with Crippen molar-refractivity contribution in [1.82, 2.24) is 10.6 Å². The van der Waals surface area contributed by atoms with Gasteiger partial charge in [-0.15, -0.1) is 0 Å². The van der Waals surface area contributed by atoms with Crippen LogP contribution in [0.2, 0.25) is 0 Å². The molecule has 1 aliphatic rings. The van der Waals surface area contributed by atoms with Crippen LogP contribution < -0.4 is 10.6 Å². The quantitative estimate of drug-likeness (QED) is 0.502. The van der Waals surface area contributed by atoms with E-state index in [1.54, 1.807) is 7.11 Å². The number of nitrogens with one attached hydrogen (secondary N) is 2. The van der Waals surface area contributed by atoms with E-state index < -0.39 is 0 Å². The predicted molar refractivity (Wildman–Crippen MR) is 30.8 cm³/mol. The number of hydrogen-bond donors (Lipinski definition) is 2. The lowest BCUT2D eigenvalue weighted by molar-refractivity contribution is 0.0758. The average molecular weight is 114 g/mol. The van der Waals surface area contributed by atoms with Gasteiger partial charge in [-0.05, 0) is 6.92 Å². The topological polar surface area (TPSA) is 33.3 Å². The van der Waals surface area contributed by atoms with Gasteiger partial charge in [0, 0.05) is 19.0 Å². The van der Waals surface area contributed by atoms with Crippen molar-refractivity contribution in [2.24, 2.45) is 0 Å². The number of rotatable bonds is 1. The summed E-state index contributed by atoms with van der Waals surface area (Å²) in [6.07, 6.45) is 1.86. The molecule has 1 atom stereocenters. The van der Waals surface area contributed by atoms with Crippen LogP contribution in [0.4, 0.5) is 0 Å². The third-order valence-corrected chi connectivity index (χ3v) is 1.05. The second-order valence-corrected chi connectivity index (χ2v) is 1.75. The fourth-order valence-electron chi connectivity index (χ4n) is 0.618. The second kappa shape index (κ2) is 2.05. The summed E-state index contributed by atoms with van der Waals surface area (Å²) in [6.45, 7) is 1.98. The maximum absolute atomic E-state index is 4.91. The van der Waals surface area contributed by atoms with Gasteiger partial charge < -0.3 is 15.4 Å². The molecule has 1 rings (SSSR count). The normalized spacial score (nSPS) is 26.2. The highest BCUT2D eigenvalue weighted by Gasteiger charge is 2.07. The lowest BCUT2D eigenvalue weighted by Gasteiger charge is -2.08. The third-order valence-electron chi connectivity index (χ3n) is 1.05. The Balaban J connectivity index is 2.32. The van der Waals surface area contributed by atoms with Crippen LogP contribution in [0.25, 0.3) is 0 Å². The van der Waals surface area contributed by atoms with Crippen LogP contribution in [-0.4, -0.2) is 13.5 Å². The molecular weight excluding hydrogens is 104 g/mol. The number of allylic oxidation sites excluding steroid dienone is 1. The Bertz CT molecular complexity index is 111. The van der Waals surface area contributed by atoms with E-state index in [0.29, 0.717) is 0 Å². The van der Waals surface area contributed by atoms with Crippen molar-refractivity contribution in [3.63, 3.8) is 0 Å². The van der Waals surface area contributed by atoms with Crippen molar-refractivity contribution < 1.29 is 4.74 Å². The minimum atomic E-state index is -0.0185. The lowest BCUT2D eigenvalue weighted by atomic mass is 10.6. The fraction of sp³-hybridized carbons (Fsp3) is 0.600. The Labute approximate surface area is 48.7 Å². The summed E-state index contributed by atoms with van der Waals surface area (Å²) < 4.78 is 4.91. The average Bonchev–Trinajstić information content (AvgIpc) is 2.14. The molecule has 3 nitrogen and oxygen atoms in total. The Morgan fingerprint density at radius 3 is 2.75 bits per heavy atom. The van der Waals surface area contributed by atoms with E-state index in [-0.39, 0.29) is 6.35 Å². The first-order valence-electron chi connectivity index (χ1n) is 2.55. The van der Waals surface area contributed by atoms with Crippen LogP contribution in [0.5, 0.6) is 0 Å². The Morgan fingerprint density at radius 2 is 2.50 bits per heavy atom. The summed E-state index contributed by atoms with van der Waals surface area (Å²) in [5.74, 6) is 0. The third kappa shape index (κ3) is 0.924. The van der Waals surface area contributed by atoms with E-state index in [0.717, 1.165) is 5.70 Å². The molecule has 0 aliphatic carbocycles. The monoisotopic (exact) mass is 114 g/mol. The van der Waals surface area contributed by atoms with Gasteiger partial charge in [0.25, 0.3) is 0 Å². The molecule has 2 N–H and O–H groups in total. The summed E-state index contributed by atoms with van der Waals surface area (Å²) in [5.41, 5.74) is 1.11. The second-order valence-electron chi connectivity index (χ2n) is 1.75. The Kier molecular flexibility index (Phi) is 1.39. The first kappa shape index (κ1) is 5.44. The van der Waals surface area contributed by atoms with Crippen molar-refractivity contribution in [3.8, 4) is 0 Å². The molecule has 0 aromatic heterocycles. The summed E-state index contributed by atoms with van der Waals surface area (Å²) in [7, 11) is 1.65. The highest BCUT2D eigenvalue weighted by molar-refractivity contribution is 5.00. The van der Waals surface area contributed by atoms with E-state index >= 15 is 0 Å². The molecule has 0 spiro atoms. The van der Waals surface area contributed by atoms with Crippen LogP contribution >= 0.6 is 0 Å². The molecule has 0 radical (unpaired) electrons. The molecule has 1 aliphatic heterocycles. The summed E-state index contributed by atoms with van der Waals surface area (Å²) in [6, 6.07) is 0. The summed E-state index contributed by atoms with van der Waals surface area (Å²) >= 11 is 0. The fourth-order valence-corrected chi connectivity index (χ4v) is 0.618. The van der Waals surface area contributed by atoms with Crippen LogP contribution in [0.3, 0.4) is 0 Å². The SMILES string of the molecule is COC1NC=C(C)N1.